The predicted molar refractivity (Wildman–Crippen MR) is 125 cm³/mol. The van der Waals surface area contributed by atoms with Gasteiger partial charge in [0.15, 0.2) is 0 Å². The van der Waals surface area contributed by atoms with Gasteiger partial charge < -0.3 is 0 Å². The Hall–Kier alpha value is -2.59. The molecule has 0 saturated carbocycles. The van der Waals surface area contributed by atoms with Crippen LogP contribution in [-0.4, -0.2) is 31.4 Å². The molecule has 3 aromatic rings. The molecule has 1 amide bonds. The van der Waals surface area contributed by atoms with Crippen molar-refractivity contribution >= 4 is 49.7 Å². The Labute approximate surface area is 198 Å². The van der Waals surface area contributed by atoms with Crippen LogP contribution in [-0.2, 0) is 21.4 Å². The Kier molecular flexibility index (Phi) is 8.14. The van der Waals surface area contributed by atoms with Gasteiger partial charge in [0.05, 0.1) is 17.7 Å². The molecule has 3 rings (SSSR count). The zero-order valence-corrected chi connectivity index (χ0v) is 19.7. The van der Waals surface area contributed by atoms with Crippen LogP contribution in [0.4, 0.5) is 4.39 Å². The van der Waals surface area contributed by atoms with E-state index in [1.807, 2.05) is 18.2 Å². The molecule has 0 bridgehead atoms. The van der Waals surface area contributed by atoms with Gasteiger partial charge in [-0.05, 0) is 48.0 Å². The Balaban J connectivity index is 1.80. The van der Waals surface area contributed by atoms with Crippen molar-refractivity contribution in [2.24, 2.45) is 5.10 Å². The van der Waals surface area contributed by atoms with E-state index in [0.29, 0.717) is 10.6 Å². The van der Waals surface area contributed by atoms with Crippen molar-refractivity contribution in [2.75, 3.05) is 6.54 Å². The molecule has 0 unspecified atom stereocenters. The van der Waals surface area contributed by atoms with E-state index in [2.05, 4.69) is 26.5 Å². The maximum Gasteiger partial charge on any atom is 0.255 e. The molecule has 10 heteroatoms. The molecule has 0 saturated heterocycles. The lowest BCUT2D eigenvalue weighted by atomic mass is 10.2. The van der Waals surface area contributed by atoms with E-state index >= 15 is 0 Å². The van der Waals surface area contributed by atoms with E-state index in [-0.39, 0.29) is 11.4 Å². The highest BCUT2D eigenvalue weighted by Crippen LogP contribution is 2.21. The molecule has 3 aromatic carbocycles. The van der Waals surface area contributed by atoms with Gasteiger partial charge in [0, 0.05) is 21.6 Å². The van der Waals surface area contributed by atoms with Gasteiger partial charge in [0.2, 0.25) is 10.0 Å². The largest absolute Gasteiger partial charge is 0.272 e. The molecule has 0 aliphatic rings. The fourth-order valence-corrected chi connectivity index (χ4v) is 4.62. The molecular formula is C22H18BrClFN3O3S. The van der Waals surface area contributed by atoms with Crippen molar-refractivity contribution in [3.63, 3.8) is 0 Å². The first-order chi connectivity index (χ1) is 15.3. The lowest BCUT2D eigenvalue weighted by molar-refractivity contribution is -0.121. The third kappa shape index (κ3) is 6.46. The van der Waals surface area contributed by atoms with Gasteiger partial charge in [-0.2, -0.15) is 9.41 Å². The number of sulfonamides is 1. The first-order valence-electron chi connectivity index (χ1n) is 9.32. The molecule has 166 valence electrons. The van der Waals surface area contributed by atoms with E-state index in [9.17, 15) is 17.6 Å². The van der Waals surface area contributed by atoms with Crippen LogP contribution in [0.1, 0.15) is 11.1 Å². The highest BCUT2D eigenvalue weighted by molar-refractivity contribution is 9.10. The van der Waals surface area contributed by atoms with E-state index in [4.69, 9.17) is 11.6 Å². The molecule has 0 aliphatic carbocycles. The van der Waals surface area contributed by atoms with Crippen LogP contribution in [0.15, 0.2) is 87.3 Å². The maximum atomic E-state index is 13.3. The van der Waals surface area contributed by atoms with Crippen molar-refractivity contribution in [3.05, 3.63) is 99.2 Å². The smallest absolute Gasteiger partial charge is 0.255 e. The number of amides is 1. The summed E-state index contributed by atoms with van der Waals surface area (Å²) in [6.07, 6.45) is 1.44. The summed E-state index contributed by atoms with van der Waals surface area (Å²) >= 11 is 9.24. The van der Waals surface area contributed by atoms with Gasteiger partial charge in [0.1, 0.15) is 5.82 Å². The summed E-state index contributed by atoms with van der Waals surface area (Å²) in [7, 11) is -4.04. The van der Waals surface area contributed by atoms with E-state index < -0.39 is 28.3 Å². The Bertz CT molecular complexity index is 1220. The number of hydrogen-bond acceptors (Lipinski definition) is 4. The van der Waals surface area contributed by atoms with Crippen LogP contribution in [0, 0.1) is 5.82 Å². The minimum atomic E-state index is -4.04. The van der Waals surface area contributed by atoms with Gasteiger partial charge in [-0.15, -0.1) is 0 Å². The Morgan fingerprint density at radius 2 is 1.72 bits per heavy atom. The minimum absolute atomic E-state index is 0.0199. The standard InChI is InChI=1S/C22H18BrClFN3O3S/c23-21-4-2-1-3-17(21)13-26-27-22(29)15-28(14-16-5-9-19(25)10-6-16)32(30,31)20-11-7-18(24)8-12-20/h1-13H,14-15H2,(H,27,29)/b26-13-. The summed E-state index contributed by atoms with van der Waals surface area (Å²) < 4.78 is 41.4. The molecule has 32 heavy (non-hydrogen) atoms. The summed E-state index contributed by atoms with van der Waals surface area (Å²) in [5, 5.41) is 4.28. The number of rotatable bonds is 8. The monoisotopic (exact) mass is 537 g/mol. The third-order valence-electron chi connectivity index (χ3n) is 4.34. The molecule has 0 radical (unpaired) electrons. The Morgan fingerprint density at radius 1 is 1.06 bits per heavy atom. The zero-order chi connectivity index (χ0) is 23.1. The molecule has 0 aromatic heterocycles. The highest BCUT2D eigenvalue weighted by Gasteiger charge is 2.27. The van der Waals surface area contributed by atoms with Crippen LogP contribution in [0.25, 0.3) is 0 Å². The number of hydrazone groups is 1. The van der Waals surface area contributed by atoms with Gasteiger partial charge in [-0.1, -0.05) is 57.9 Å². The van der Waals surface area contributed by atoms with Crippen LogP contribution in [0.3, 0.4) is 0 Å². The minimum Gasteiger partial charge on any atom is -0.272 e. The lowest BCUT2D eigenvalue weighted by Gasteiger charge is -2.21. The first kappa shape index (κ1) is 24.1. The molecule has 1 N–H and O–H groups in total. The summed E-state index contributed by atoms with van der Waals surface area (Å²) in [6.45, 7) is -0.623. The molecular weight excluding hydrogens is 521 g/mol. The number of hydrogen-bond donors (Lipinski definition) is 1. The molecule has 0 aliphatic heterocycles. The van der Waals surface area contributed by atoms with Gasteiger partial charge in [0.25, 0.3) is 5.91 Å². The average Bonchev–Trinajstić information content (AvgIpc) is 2.76. The fraction of sp³-hybridized carbons (Fsp3) is 0.0909. The number of nitrogens with one attached hydrogen (secondary N) is 1. The first-order valence-corrected chi connectivity index (χ1v) is 11.9. The van der Waals surface area contributed by atoms with Crippen LogP contribution in [0.5, 0.6) is 0 Å². The fourth-order valence-electron chi connectivity index (χ4n) is 2.72. The van der Waals surface area contributed by atoms with Crippen molar-refractivity contribution in [3.8, 4) is 0 Å². The van der Waals surface area contributed by atoms with Gasteiger partial charge >= 0.3 is 0 Å². The number of nitrogens with zero attached hydrogens (tertiary/aromatic N) is 2. The summed E-state index contributed by atoms with van der Waals surface area (Å²) in [5.41, 5.74) is 3.60. The van der Waals surface area contributed by atoms with E-state index in [1.54, 1.807) is 6.07 Å². The van der Waals surface area contributed by atoms with Crippen molar-refractivity contribution < 1.29 is 17.6 Å². The van der Waals surface area contributed by atoms with Crippen molar-refractivity contribution in [1.82, 2.24) is 9.73 Å². The van der Waals surface area contributed by atoms with Crippen molar-refractivity contribution in [2.45, 2.75) is 11.4 Å². The molecule has 0 heterocycles. The second kappa shape index (κ2) is 10.8. The average molecular weight is 539 g/mol. The van der Waals surface area contributed by atoms with Crippen LogP contribution in [0.2, 0.25) is 5.02 Å². The van der Waals surface area contributed by atoms with E-state index in [0.717, 1.165) is 14.3 Å². The summed E-state index contributed by atoms with van der Waals surface area (Å²) in [5.74, 6) is -1.08. The molecule has 0 fully saturated rings. The Morgan fingerprint density at radius 3 is 2.38 bits per heavy atom. The molecule has 0 atom stereocenters. The number of benzene rings is 3. The van der Waals surface area contributed by atoms with Crippen LogP contribution < -0.4 is 5.43 Å². The van der Waals surface area contributed by atoms with Crippen LogP contribution >= 0.6 is 27.5 Å². The third-order valence-corrected chi connectivity index (χ3v) is 7.12. The second-order valence-electron chi connectivity index (χ2n) is 6.67. The maximum absolute atomic E-state index is 13.3. The SMILES string of the molecule is O=C(CN(Cc1ccc(F)cc1)S(=O)(=O)c1ccc(Cl)cc1)N/N=C\c1ccccc1Br. The number of carbonyl (C=O) groups excluding carboxylic acids is 1. The molecule has 0 spiro atoms. The second-order valence-corrected chi connectivity index (χ2v) is 9.90. The quantitative estimate of drug-likeness (QED) is 0.337. The number of carbonyl (C=O) groups is 1. The summed E-state index contributed by atoms with van der Waals surface area (Å²) in [4.78, 5) is 12.5. The van der Waals surface area contributed by atoms with Gasteiger partial charge in [-0.3, -0.25) is 4.79 Å². The summed E-state index contributed by atoms with van der Waals surface area (Å²) in [6, 6.07) is 18.3. The molecule has 6 nitrogen and oxygen atoms in total. The predicted octanol–water partition coefficient (Wildman–Crippen LogP) is 4.58. The van der Waals surface area contributed by atoms with E-state index in [1.165, 1.54) is 54.7 Å². The number of halogens is 3. The topological polar surface area (TPSA) is 78.8 Å². The van der Waals surface area contributed by atoms with Crippen molar-refractivity contribution in [1.29, 1.82) is 0 Å². The zero-order valence-electron chi connectivity index (χ0n) is 16.6. The highest BCUT2D eigenvalue weighted by atomic mass is 79.9. The lowest BCUT2D eigenvalue weighted by Crippen LogP contribution is -2.39. The normalized spacial score (nSPS) is 11.8. The van der Waals surface area contributed by atoms with Gasteiger partial charge in [-0.25, -0.2) is 18.2 Å².